The second-order valence-corrected chi connectivity index (χ2v) is 8.11. The average molecular weight is 349 g/mol. The minimum Gasteiger partial charge on any atom is -0.295 e. The predicted octanol–water partition coefficient (Wildman–Crippen LogP) is 2.03. The summed E-state index contributed by atoms with van der Waals surface area (Å²) in [5.41, 5.74) is 0.856. The van der Waals surface area contributed by atoms with Crippen LogP contribution in [0.4, 0.5) is 0 Å². The third-order valence-electron chi connectivity index (χ3n) is 3.42. The Hall–Kier alpha value is -2.48. The van der Waals surface area contributed by atoms with E-state index in [0.29, 0.717) is 5.56 Å². The Morgan fingerprint density at radius 1 is 1.12 bits per heavy atom. The lowest BCUT2D eigenvalue weighted by Crippen LogP contribution is -2.30. The molecule has 1 heterocycles. The van der Waals surface area contributed by atoms with Crippen LogP contribution in [0, 0.1) is 0 Å². The summed E-state index contributed by atoms with van der Waals surface area (Å²) in [6.45, 7) is 7.20. The van der Waals surface area contributed by atoms with E-state index in [1.165, 1.54) is 37.3 Å². The minimum atomic E-state index is -4.04. The number of aromatic nitrogens is 2. The first-order valence-electron chi connectivity index (χ1n) is 7.25. The molecular formula is C16H19N3O4S. The SMILES string of the molecule is CC(=O)c1ccc(S(=O)(=O)NC(=O)c2cc(C(C)(C)C)[nH]n2)cc1. The van der Waals surface area contributed by atoms with Gasteiger partial charge in [-0.1, -0.05) is 32.9 Å². The predicted molar refractivity (Wildman–Crippen MR) is 88.4 cm³/mol. The smallest absolute Gasteiger partial charge is 0.285 e. The molecule has 2 rings (SSSR count). The second kappa shape index (κ2) is 6.20. The molecule has 0 radical (unpaired) electrons. The molecule has 1 aromatic carbocycles. The summed E-state index contributed by atoms with van der Waals surface area (Å²) in [6, 6.07) is 6.86. The van der Waals surface area contributed by atoms with Gasteiger partial charge in [-0.2, -0.15) is 5.10 Å². The molecule has 0 fully saturated rings. The Kier molecular flexibility index (Phi) is 4.61. The number of ketones is 1. The number of carbonyl (C=O) groups excluding carboxylic acids is 2. The number of nitrogens with zero attached hydrogens (tertiary/aromatic N) is 1. The van der Waals surface area contributed by atoms with Gasteiger partial charge in [-0.15, -0.1) is 0 Å². The maximum absolute atomic E-state index is 12.2. The topological polar surface area (TPSA) is 109 Å². The van der Waals surface area contributed by atoms with Crippen molar-refractivity contribution in [2.24, 2.45) is 0 Å². The molecule has 0 bridgehead atoms. The zero-order valence-electron chi connectivity index (χ0n) is 13.9. The van der Waals surface area contributed by atoms with Crippen molar-refractivity contribution in [2.75, 3.05) is 0 Å². The van der Waals surface area contributed by atoms with Crippen LogP contribution in [-0.2, 0) is 15.4 Å². The van der Waals surface area contributed by atoms with Crippen LogP contribution in [0.15, 0.2) is 35.2 Å². The normalized spacial score (nSPS) is 12.0. The maximum atomic E-state index is 12.2. The Bertz CT molecular complexity index is 875. The van der Waals surface area contributed by atoms with Crippen LogP contribution in [0.5, 0.6) is 0 Å². The van der Waals surface area contributed by atoms with E-state index in [-0.39, 0.29) is 21.8 Å². The van der Waals surface area contributed by atoms with Crippen molar-refractivity contribution >= 4 is 21.7 Å². The summed E-state index contributed by atoms with van der Waals surface area (Å²) in [5, 5.41) is 6.58. The molecule has 0 aliphatic carbocycles. The summed E-state index contributed by atoms with van der Waals surface area (Å²) in [5.74, 6) is -0.994. The number of sulfonamides is 1. The monoisotopic (exact) mass is 349 g/mol. The van der Waals surface area contributed by atoms with E-state index < -0.39 is 15.9 Å². The lowest BCUT2D eigenvalue weighted by Gasteiger charge is -2.14. The van der Waals surface area contributed by atoms with Crippen molar-refractivity contribution < 1.29 is 18.0 Å². The van der Waals surface area contributed by atoms with Gasteiger partial charge >= 0.3 is 0 Å². The van der Waals surface area contributed by atoms with Crippen LogP contribution in [0.3, 0.4) is 0 Å². The molecular weight excluding hydrogens is 330 g/mol. The van der Waals surface area contributed by atoms with Crippen molar-refractivity contribution in [2.45, 2.75) is 38.0 Å². The summed E-state index contributed by atoms with van der Waals surface area (Å²) in [4.78, 5) is 23.2. The number of carbonyl (C=O) groups is 2. The van der Waals surface area contributed by atoms with Gasteiger partial charge in [-0.25, -0.2) is 13.1 Å². The van der Waals surface area contributed by atoms with Gasteiger partial charge < -0.3 is 0 Å². The fourth-order valence-corrected chi connectivity index (χ4v) is 2.89. The van der Waals surface area contributed by atoms with Crippen molar-refractivity contribution in [1.29, 1.82) is 0 Å². The van der Waals surface area contributed by atoms with E-state index >= 15 is 0 Å². The molecule has 2 aromatic rings. The molecule has 1 aromatic heterocycles. The lowest BCUT2D eigenvalue weighted by molar-refractivity contribution is 0.0974. The molecule has 0 aliphatic heterocycles. The van der Waals surface area contributed by atoms with Crippen LogP contribution in [-0.4, -0.2) is 30.3 Å². The van der Waals surface area contributed by atoms with E-state index in [9.17, 15) is 18.0 Å². The zero-order chi connectivity index (χ0) is 18.1. The highest BCUT2D eigenvalue weighted by Crippen LogP contribution is 2.20. The fraction of sp³-hybridized carbons (Fsp3) is 0.312. The molecule has 1 amide bonds. The molecule has 24 heavy (non-hydrogen) atoms. The molecule has 0 aliphatic rings. The molecule has 0 saturated carbocycles. The number of amides is 1. The summed E-state index contributed by atoms with van der Waals surface area (Å²) in [7, 11) is -4.04. The van der Waals surface area contributed by atoms with Crippen LogP contribution < -0.4 is 4.72 Å². The average Bonchev–Trinajstić information content (AvgIpc) is 2.97. The van der Waals surface area contributed by atoms with Crippen LogP contribution in [0.2, 0.25) is 0 Å². The first-order valence-corrected chi connectivity index (χ1v) is 8.73. The first kappa shape index (κ1) is 17.9. The number of H-pyrrole nitrogens is 1. The van der Waals surface area contributed by atoms with Crippen LogP contribution >= 0.6 is 0 Å². The second-order valence-electron chi connectivity index (χ2n) is 6.43. The highest BCUT2D eigenvalue weighted by Gasteiger charge is 2.23. The standard InChI is InChI=1S/C16H19N3O4S/c1-10(20)11-5-7-12(8-6-11)24(22,23)19-15(21)13-9-14(18-17-13)16(2,3)4/h5-9H,1-4H3,(H,17,18)(H,19,21). The molecule has 128 valence electrons. The quantitative estimate of drug-likeness (QED) is 0.821. The van der Waals surface area contributed by atoms with Crippen LogP contribution in [0.25, 0.3) is 0 Å². The van der Waals surface area contributed by atoms with Crippen molar-refractivity contribution in [1.82, 2.24) is 14.9 Å². The van der Waals surface area contributed by atoms with Gasteiger partial charge in [0.25, 0.3) is 15.9 Å². The van der Waals surface area contributed by atoms with E-state index in [2.05, 4.69) is 10.2 Å². The van der Waals surface area contributed by atoms with Gasteiger partial charge in [0.2, 0.25) is 0 Å². The van der Waals surface area contributed by atoms with E-state index in [4.69, 9.17) is 0 Å². The van der Waals surface area contributed by atoms with E-state index in [1.807, 2.05) is 25.5 Å². The number of benzene rings is 1. The third-order valence-corrected chi connectivity index (χ3v) is 4.76. The van der Waals surface area contributed by atoms with Gasteiger partial charge in [0.05, 0.1) is 4.90 Å². The maximum Gasteiger partial charge on any atom is 0.285 e. The van der Waals surface area contributed by atoms with Gasteiger partial charge in [0.1, 0.15) is 0 Å². The Labute approximate surface area is 140 Å². The number of Topliss-reactive ketones (excluding diaryl/α,β-unsaturated/α-hetero) is 1. The number of rotatable bonds is 4. The highest BCUT2D eigenvalue weighted by molar-refractivity contribution is 7.90. The number of nitrogens with one attached hydrogen (secondary N) is 2. The molecule has 0 atom stereocenters. The third kappa shape index (κ3) is 3.88. The summed E-state index contributed by atoms with van der Waals surface area (Å²) in [6.07, 6.45) is 0. The van der Waals surface area contributed by atoms with Gasteiger partial charge in [0.15, 0.2) is 11.5 Å². The molecule has 8 heteroatoms. The number of aromatic amines is 1. The van der Waals surface area contributed by atoms with Crippen molar-refractivity contribution in [3.05, 3.63) is 47.3 Å². The lowest BCUT2D eigenvalue weighted by atomic mass is 9.92. The Balaban J connectivity index is 2.20. The fourth-order valence-electron chi connectivity index (χ4n) is 1.92. The summed E-state index contributed by atoms with van der Waals surface area (Å²) < 4.78 is 26.5. The zero-order valence-corrected chi connectivity index (χ0v) is 14.7. The van der Waals surface area contributed by atoms with Gasteiger partial charge in [-0.3, -0.25) is 14.7 Å². The minimum absolute atomic E-state index is 0.0103. The Morgan fingerprint density at radius 2 is 1.71 bits per heavy atom. The molecule has 2 N–H and O–H groups in total. The molecule has 0 spiro atoms. The Morgan fingerprint density at radius 3 is 2.17 bits per heavy atom. The van der Waals surface area contributed by atoms with Crippen molar-refractivity contribution in [3.63, 3.8) is 0 Å². The largest absolute Gasteiger partial charge is 0.295 e. The van der Waals surface area contributed by atoms with Crippen molar-refractivity contribution in [3.8, 4) is 0 Å². The number of hydrogen-bond acceptors (Lipinski definition) is 5. The molecule has 7 nitrogen and oxygen atoms in total. The number of hydrogen-bond donors (Lipinski definition) is 2. The van der Waals surface area contributed by atoms with E-state index in [1.54, 1.807) is 0 Å². The highest BCUT2D eigenvalue weighted by atomic mass is 32.2. The van der Waals surface area contributed by atoms with Gasteiger partial charge in [-0.05, 0) is 25.1 Å². The van der Waals surface area contributed by atoms with Crippen LogP contribution in [0.1, 0.15) is 54.2 Å². The van der Waals surface area contributed by atoms with Gasteiger partial charge in [0, 0.05) is 16.7 Å². The molecule has 0 unspecified atom stereocenters. The molecule has 0 saturated heterocycles. The summed E-state index contributed by atoms with van der Waals surface area (Å²) >= 11 is 0. The van der Waals surface area contributed by atoms with E-state index in [0.717, 1.165) is 5.69 Å². The first-order chi connectivity index (χ1) is 11.0.